The summed E-state index contributed by atoms with van der Waals surface area (Å²) in [5.74, 6) is -0.372. The van der Waals surface area contributed by atoms with Gasteiger partial charge in [0.25, 0.3) is 5.91 Å². The van der Waals surface area contributed by atoms with Crippen molar-refractivity contribution in [1.82, 2.24) is 15.3 Å². The first-order valence-corrected chi connectivity index (χ1v) is 7.82. The third-order valence-corrected chi connectivity index (χ3v) is 4.27. The summed E-state index contributed by atoms with van der Waals surface area (Å²) < 4.78 is 0. The van der Waals surface area contributed by atoms with Gasteiger partial charge >= 0.3 is 0 Å². The fraction of sp³-hybridized carbons (Fsp3) is 0.167. The van der Waals surface area contributed by atoms with Crippen LogP contribution in [0.25, 0.3) is 11.0 Å². The first-order valence-electron chi connectivity index (χ1n) is 7.82. The topological polar surface area (TPSA) is 78.1 Å². The summed E-state index contributed by atoms with van der Waals surface area (Å²) in [7, 11) is 0. The molecule has 24 heavy (non-hydrogen) atoms. The summed E-state index contributed by atoms with van der Waals surface area (Å²) in [5.41, 5.74) is 4.21. The highest BCUT2D eigenvalue weighted by Crippen LogP contribution is 2.27. The van der Waals surface area contributed by atoms with E-state index in [1.807, 2.05) is 24.3 Å². The first kappa shape index (κ1) is 14.4. The van der Waals surface area contributed by atoms with Crippen LogP contribution in [0.4, 0.5) is 5.69 Å². The summed E-state index contributed by atoms with van der Waals surface area (Å²) in [5, 5.41) is 2.70. The Balaban J connectivity index is 1.43. The molecular formula is C18H16N4O2. The molecule has 0 atom stereocenters. The Bertz CT molecular complexity index is 931. The van der Waals surface area contributed by atoms with Gasteiger partial charge in [0.15, 0.2) is 0 Å². The van der Waals surface area contributed by atoms with Crippen LogP contribution >= 0.6 is 0 Å². The van der Waals surface area contributed by atoms with Gasteiger partial charge in [0.1, 0.15) is 0 Å². The maximum Gasteiger partial charge on any atom is 0.251 e. The lowest BCUT2D eigenvalue weighted by molar-refractivity contribution is -0.117. The van der Waals surface area contributed by atoms with Gasteiger partial charge in [-0.3, -0.25) is 9.59 Å². The number of benzene rings is 2. The number of aromatic nitrogens is 2. The molecule has 2 heterocycles. The van der Waals surface area contributed by atoms with E-state index in [9.17, 15) is 9.59 Å². The number of nitrogens with zero attached hydrogens (tertiary/aromatic N) is 2. The van der Waals surface area contributed by atoms with Crippen LogP contribution in [0.2, 0.25) is 0 Å². The van der Waals surface area contributed by atoms with Crippen molar-refractivity contribution in [2.75, 3.05) is 18.0 Å². The highest BCUT2D eigenvalue weighted by atomic mass is 16.2. The van der Waals surface area contributed by atoms with Crippen molar-refractivity contribution in [3.8, 4) is 0 Å². The molecule has 1 aromatic heterocycles. The monoisotopic (exact) mass is 320 g/mol. The molecule has 0 radical (unpaired) electrons. The fourth-order valence-corrected chi connectivity index (χ4v) is 3.03. The molecule has 3 aromatic rings. The SMILES string of the molecule is O=C(NCC(=O)N1CCc2ccccc21)c1ccc2nc[nH]c2c1. The molecule has 6 heteroatoms. The molecule has 2 aromatic carbocycles. The number of hydrogen-bond donors (Lipinski definition) is 2. The molecule has 0 aliphatic carbocycles. The van der Waals surface area contributed by atoms with Crippen molar-refractivity contribution in [3.63, 3.8) is 0 Å². The second kappa shape index (κ2) is 5.81. The summed E-state index contributed by atoms with van der Waals surface area (Å²) in [6.07, 6.45) is 2.44. The van der Waals surface area contributed by atoms with Crippen molar-refractivity contribution in [2.45, 2.75) is 6.42 Å². The van der Waals surface area contributed by atoms with Crippen LogP contribution in [-0.4, -0.2) is 34.9 Å². The molecular weight excluding hydrogens is 304 g/mol. The zero-order valence-corrected chi connectivity index (χ0v) is 13.0. The Morgan fingerprint density at radius 3 is 3.00 bits per heavy atom. The molecule has 0 saturated carbocycles. The summed E-state index contributed by atoms with van der Waals surface area (Å²) in [4.78, 5) is 33.5. The number of amides is 2. The minimum absolute atomic E-state index is 0.0197. The molecule has 120 valence electrons. The number of carbonyl (C=O) groups excluding carboxylic acids is 2. The van der Waals surface area contributed by atoms with E-state index in [-0.39, 0.29) is 18.4 Å². The Labute approximate surface area is 138 Å². The molecule has 0 unspecified atom stereocenters. The van der Waals surface area contributed by atoms with E-state index in [4.69, 9.17) is 0 Å². The average Bonchev–Trinajstić information content (AvgIpc) is 3.25. The van der Waals surface area contributed by atoms with E-state index in [1.54, 1.807) is 29.4 Å². The summed E-state index contributed by atoms with van der Waals surface area (Å²) >= 11 is 0. The van der Waals surface area contributed by atoms with Crippen molar-refractivity contribution < 1.29 is 9.59 Å². The van der Waals surface area contributed by atoms with Crippen LogP contribution < -0.4 is 10.2 Å². The number of para-hydroxylation sites is 1. The standard InChI is InChI=1S/C18H16N4O2/c23-17(22-8-7-12-3-1-2-4-16(12)22)10-19-18(24)13-5-6-14-15(9-13)21-11-20-14/h1-6,9,11H,7-8,10H2,(H,19,24)(H,20,21). The number of hydrogen-bond acceptors (Lipinski definition) is 3. The molecule has 0 bridgehead atoms. The van der Waals surface area contributed by atoms with E-state index in [1.165, 1.54) is 5.56 Å². The number of rotatable bonds is 3. The number of aromatic amines is 1. The summed E-state index contributed by atoms with van der Waals surface area (Å²) in [6, 6.07) is 13.1. The van der Waals surface area contributed by atoms with E-state index in [2.05, 4.69) is 15.3 Å². The van der Waals surface area contributed by atoms with Gasteiger partial charge in [0.05, 0.1) is 23.9 Å². The Morgan fingerprint density at radius 2 is 2.08 bits per heavy atom. The fourth-order valence-electron chi connectivity index (χ4n) is 3.03. The number of H-pyrrole nitrogens is 1. The van der Waals surface area contributed by atoms with Crippen LogP contribution in [0, 0.1) is 0 Å². The predicted octanol–water partition coefficient (Wildman–Crippen LogP) is 1.88. The molecule has 6 nitrogen and oxygen atoms in total. The molecule has 2 N–H and O–H groups in total. The molecule has 4 rings (SSSR count). The van der Waals surface area contributed by atoms with Crippen LogP contribution in [-0.2, 0) is 11.2 Å². The maximum atomic E-state index is 12.4. The second-order valence-electron chi connectivity index (χ2n) is 5.74. The zero-order chi connectivity index (χ0) is 16.5. The van der Waals surface area contributed by atoms with Gasteiger partial charge in [-0.2, -0.15) is 0 Å². The molecule has 2 amide bonds. The minimum Gasteiger partial charge on any atom is -0.345 e. The minimum atomic E-state index is -0.271. The van der Waals surface area contributed by atoms with Crippen molar-refractivity contribution >= 4 is 28.5 Å². The van der Waals surface area contributed by atoms with Crippen LogP contribution in [0.1, 0.15) is 15.9 Å². The molecule has 0 saturated heterocycles. The van der Waals surface area contributed by atoms with Crippen LogP contribution in [0.15, 0.2) is 48.8 Å². The van der Waals surface area contributed by atoms with Gasteiger partial charge in [-0.15, -0.1) is 0 Å². The second-order valence-corrected chi connectivity index (χ2v) is 5.74. The lowest BCUT2D eigenvalue weighted by atomic mass is 10.2. The van der Waals surface area contributed by atoms with Gasteiger partial charge in [-0.25, -0.2) is 4.98 Å². The van der Waals surface area contributed by atoms with Crippen molar-refractivity contribution in [1.29, 1.82) is 0 Å². The third-order valence-electron chi connectivity index (χ3n) is 4.27. The largest absolute Gasteiger partial charge is 0.345 e. The van der Waals surface area contributed by atoms with E-state index in [0.717, 1.165) is 23.1 Å². The van der Waals surface area contributed by atoms with Crippen LogP contribution in [0.3, 0.4) is 0 Å². The maximum absolute atomic E-state index is 12.4. The Hall–Kier alpha value is -3.15. The molecule has 0 spiro atoms. The lowest BCUT2D eigenvalue weighted by Crippen LogP contribution is -2.39. The van der Waals surface area contributed by atoms with Gasteiger partial charge in [-0.1, -0.05) is 18.2 Å². The summed E-state index contributed by atoms with van der Waals surface area (Å²) in [6.45, 7) is 0.641. The van der Waals surface area contributed by atoms with E-state index < -0.39 is 0 Å². The molecule has 1 aliphatic rings. The highest BCUT2D eigenvalue weighted by Gasteiger charge is 2.24. The van der Waals surface area contributed by atoms with Crippen LogP contribution in [0.5, 0.6) is 0 Å². The lowest BCUT2D eigenvalue weighted by Gasteiger charge is -2.17. The van der Waals surface area contributed by atoms with E-state index in [0.29, 0.717) is 12.1 Å². The van der Waals surface area contributed by atoms with Gasteiger partial charge in [0, 0.05) is 17.8 Å². The van der Waals surface area contributed by atoms with Gasteiger partial charge in [-0.05, 0) is 36.2 Å². The third kappa shape index (κ3) is 2.52. The normalized spacial score (nSPS) is 13.1. The molecule has 0 fully saturated rings. The molecule has 1 aliphatic heterocycles. The Morgan fingerprint density at radius 1 is 1.21 bits per heavy atom. The number of fused-ring (bicyclic) bond motifs is 2. The smallest absolute Gasteiger partial charge is 0.251 e. The number of anilines is 1. The zero-order valence-electron chi connectivity index (χ0n) is 13.0. The van der Waals surface area contributed by atoms with Crippen molar-refractivity contribution in [3.05, 3.63) is 59.9 Å². The highest BCUT2D eigenvalue weighted by molar-refractivity contribution is 6.02. The average molecular weight is 320 g/mol. The number of imidazole rings is 1. The van der Waals surface area contributed by atoms with E-state index >= 15 is 0 Å². The Kier molecular flexibility index (Phi) is 3.49. The first-order chi connectivity index (χ1) is 11.7. The van der Waals surface area contributed by atoms with Gasteiger partial charge < -0.3 is 15.2 Å². The number of carbonyl (C=O) groups is 2. The predicted molar refractivity (Wildman–Crippen MR) is 90.9 cm³/mol. The quantitative estimate of drug-likeness (QED) is 0.773. The number of nitrogens with one attached hydrogen (secondary N) is 2. The van der Waals surface area contributed by atoms with Crippen molar-refractivity contribution in [2.24, 2.45) is 0 Å². The van der Waals surface area contributed by atoms with Gasteiger partial charge in [0.2, 0.25) is 5.91 Å².